The number of ether oxygens (including phenoxy) is 2. The van der Waals surface area contributed by atoms with Crippen molar-refractivity contribution in [3.05, 3.63) is 59.2 Å². The summed E-state index contributed by atoms with van der Waals surface area (Å²) in [6.45, 7) is 11.3. The maximum Gasteiger partial charge on any atom is 0.329 e. The highest BCUT2D eigenvalue weighted by Gasteiger charge is 2.29. The highest BCUT2D eigenvalue weighted by atomic mass is 16.5. The zero-order valence-corrected chi connectivity index (χ0v) is 19.5. The Morgan fingerprint density at radius 3 is 2.06 bits per heavy atom. The lowest BCUT2D eigenvalue weighted by Crippen LogP contribution is -2.47. The third-order valence-corrected chi connectivity index (χ3v) is 5.03. The van der Waals surface area contributed by atoms with Crippen LogP contribution in [0.5, 0.6) is 5.75 Å². The molecule has 2 amide bonds. The Kier molecular flexibility index (Phi) is 8.81. The molecule has 0 saturated heterocycles. The molecule has 2 aromatic rings. The molecule has 0 saturated carbocycles. The standard InChI is InChI=1S/C25H32N2O5/c1-7-31-20-13-11-19(12-14-20)24(29)26-21(15(2)3)25(30)32-18(6)23(28)27-22-16(4)9-8-10-17(22)5/h8-15,18,21H,7H2,1-6H3,(H,26,29)(H,27,28)/t18?,21-/m0/s1. The van der Waals surface area contributed by atoms with Gasteiger partial charge in [0, 0.05) is 11.3 Å². The highest BCUT2D eigenvalue weighted by molar-refractivity contribution is 5.98. The second kappa shape index (κ2) is 11.3. The first-order valence-corrected chi connectivity index (χ1v) is 10.7. The summed E-state index contributed by atoms with van der Waals surface area (Å²) in [5.74, 6) is -1.08. The summed E-state index contributed by atoms with van der Waals surface area (Å²) < 4.78 is 10.8. The molecule has 7 heteroatoms. The van der Waals surface area contributed by atoms with Crippen molar-refractivity contribution in [1.29, 1.82) is 0 Å². The van der Waals surface area contributed by atoms with Crippen LogP contribution in [0.4, 0.5) is 5.69 Å². The van der Waals surface area contributed by atoms with Crippen molar-refractivity contribution in [2.75, 3.05) is 11.9 Å². The zero-order chi connectivity index (χ0) is 23.8. The van der Waals surface area contributed by atoms with Gasteiger partial charge in [0.05, 0.1) is 6.61 Å². The summed E-state index contributed by atoms with van der Waals surface area (Å²) in [4.78, 5) is 38.0. The molecule has 32 heavy (non-hydrogen) atoms. The van der Waals surface area contributed by atoms with Gasteiger partial charge in [0.1, 0.15) is 11.8 Å². The van der Waals surface area contributed by atoms with Crippen LogP contribution < -0.4 is 15.4 Å². The molecule has 0 radical (unpaired) electrons. The third kappa shape index (κ3) is 6.57. The van der Waals surface area contributed by atoms with Crippen LogP contribution in [0.1, 0.15) is 49.2 Å². The lowest BCUT2D eigenvalue weighted by Gasteiger charge is -2.23. The van der Waals surface area contributed by atoms with Gasteiger partial charge in [-0.1, -0.05) is 32.0 Å². The van der Waals surface area contributed by atoms with E-state index in [9.17, 15) is 14.4 Å². The molecule has 0 aliphatic heterocycles. The number of aryl methyl sites for hydroxylation is 2. The zero-order valence-electron chi connectivity index (χ0n) is 19.5. The van der Waals surface area contributed by atoms with E-state index in [-0.39, 0.29) is 5.92 Å². The molecular formula is C25H32N2O5. The van der Waals surface area contributed by atoms with Gasteiger partial charge in [-0.05, 0) is 69.0 Å². The first-order chi connectivity index (χ1) is 15.1. The van der Waals surface area contributed by atoms with E-state index in [4.69, 9.17) is 9.47 Å². The maximum atomic E-state index is 12.8. The second-order valence-corrected chi connectivity index (χ2v) is 7.99. The van der Waals surface area contributed by atoms with Crippen LogP contribution in [0.2, 0.25) is 0 Å². The minimum Gasteiger partial charge on any atom is -0.494 e. The van der Waals surface area contributed by atoms with Gasteiger partial charge in [0.15, 0.2) is 6.10 Å². The molecule has 172 valence electrons. The predicted octanol–water partition coefficient (Wildman–Crippen LogP) is 4.03. The normalized spacial score (nSPS) is 12.6. The monoisotopic (exact) mass is 440 g/mol. The van der Waals surface area contributed by atoms with E-state index < -0.39 is 29.9 Å². The first-order valence-electron chi connectivity index (χ1n) is 10.7. The van der Waals surface area contributed by atoms with E-state index in [2.05, 4.69) is 10.6 Å². The van der Waals surface area contributed by atoms with Crippen molar-refractivity contribution in [3.63, 3.8) is 0 Å². The number of para-hydroxylation sites is 1. The third-order valence-electron chi connectivity index (χ3n) is 5.03. The Bertz CT molecular complexity index is 933. The van der Waals surface area contributed by atoms with Gasteiger partial charge >= 0.3 is 5.97 Å². The SMILES string of the molecule is CCOc1ccc(C(=O)N[C@H](C(=O)OC(C)C(=O)Nc2c(C)cccc2C)C(C)C)cc1. The molecular weight excluding hydrogens is 408 g/mol. The van der Waals surface area contributed by atoms with Crippen molar-refractivity contribution >= 4 is 23.5 Å². The fraction of sp³-hybridized carbons (Fsp3) is 0.400. The number of anilines is 1. The molecule has 0 aliphatic carbocycles. The van der Waals surface area contributed by atoms with E-state index in [0.717, 1.165) is 11.1 Å². The molecule has 2 rings (SSSR count). The van der Waals surface area contributed by atoms with Gasteiger partial charge in [-0.15, -0.1) is 0 Å². The van der Waals surface area contributed by atoms with Gasteiger partial charge in [-0.25, -0.2) is 4.79 Å². The Morgan fingerprint density at radius 2 is 1.53 bits per heavy atom. The van der Waals surface area contributed by atoms with Crippen molar-refractivity contribution in [2.45, 2.75) is 53.7 Å². The number of benzene rings is 2. The lowest BCUT2D eigenvalue weighted by molar-refractivity contribution is -0.156. The number of nitrogens with one attached hydrogen (secondary N) is 2. The van der Waals surface area contributed by atoms with Crippen LogP contribution in [-0.2, 0) is 14.3 Å². The number of carbonyl (C=O) groups excluding carboxylic acids is 3. The van der Waals surface area contributed by atoms with Crippen molar-refractivity contribution in [2.24, 2.45) is 5.92 Å². The molecule has 0 aliphatic rings. The quantitative estimate of drug-likeness (QED) is 0.574. The molecule has 0 bridgehead atoms. The number of hydrogen-bond donors (Lipinski definition) is 2. The topological polar surface area (TPSA) is 93.7 Å². The minimum atomic E-state index is -1.02. The van der Waals surface area contributed by atoms with Gasteiger partial charge < -0.3 is 20.1 Å². The van der Waals surface area contributed by atoms with E-state index >= 15 is 0 Å². The fourth-order valence-electron chi connectivity index (χ4n) is 3.13. The average Bonchev–Trinajstić information content (AvgIpc) is 2.74. The smallest absolute Gasteiger partial charge is 0.329 e. The molecule has 0 heterocycles. The summed E-state index contributed by atoms with van der Waals surface area (Å²) in [5, 5.41) is 5.53. The molecule has 2 atom stereocenters. The van der Waals surface area contributed by atoms with E-state index in [1.165, 1.54) is 6.92 Å². The molecule has 0 spiro atoms. The van der Waals surface area contributed by atoms with Gasteiger partial charge in [-0.3, -0.25) is 9.59 Å². The summed E-state index contributed by atoms with van der Waals surface area (Å²) >= 11 is 0. The van der Waals surface area contributed by atoms with Crippen molar-refractivity contribution < 1.29 is 23.9 Å². The van der Waals surface area contributed by atoms with Crippen LogP contribution in [0.15, 0.2) is 42.5 Å². The molecule has 1 unspecified atom stereocenters. The second-order valence-electron chi connectivity index (χ2n) is 7.99. The van der Waals surface area contributed by atoms with Crippen LogP contribution >= 0.6 is 0 Å². The van der Waals surface area contributed by atoms with Gasteiger partial charge in [0.2, 0.25) is 0 Å². The Balaban J connectivity index is 2.02. The van der Waals surface area contributed by atoms with Gasteiger partial charge in [-0.2, -0.15) is 0 Å². The van der Waals surface area contributed by atoms with Crippen LogP contribution in [0.25, 0.3) is 0 Å². The number of carbonyl (C=O) groups is 3. The maximum absolute atomic E-state index is 12.8. The molecule has 2 aromatic carbocycles. The summed E-state index contributed by atoms with van der Waals surface area (Å²) in [6.07, 6.45) is -1.02. The van der Waals surface area contributed by atoms with Crippen LogP contribution in [0, 0.1) is 19.8 Å². The van der Waals surface area contributed by atoms with Crippen LogP contribution in [0.3, 0.4) is 0 Å². The van der Waals surface area contributed by atoms with Crippen molar-refractivity contribution in [1.82, 2.24) is 5.32 Å². The number of amides is 2. The summed E-state index contributed by atoms with van der Waals surface area (Å²) in [7, 11) is 0. The number of hydrogen-bond acceptors (Lipinski definition) is 5. The first kappa shape index (κ1) is 24.9. The summed E-state index contributed by atoms with van der Waals surface area (Å²) in [5.41, 5.74) is 2.93. The molecule has 0 aromatic heterocycles. The van der Waals surface area contributed by atoms with E-state index in [1.54, 1.807) is 38.1 Å². The largest absolute Gasteiger partial charge is 0.494 e. The molecule has 7 nitrogen and oxygen atoms in total. The summed E-state index contributed by atoms with van der Waals surface area (Å²) in [6, 6.07) is 11.4. The number of esters is 1. The molecule has 0 fully saturated rings. The van der Waals surface area contributed by atoms with E-state index in [1.807, 2.05) is 39.0 Å². The van der Waals surface area contributed by atoms with Crippen molar-refractivity contribution in [3.8, 4) is 5.75 Å². The van der Waals surface area contributed by atoms with Crippen LogP contribution in [-0.4, -0.2) is 36.5 Å². The Morgan fingerprint density at radius 1 is 0.938 bits per heavy atom. The van der Waals surface area contributed by atoms with Gasteiger partial charge in [0.25, 0.3) is 11.8 Å². The Hall–Kier alpha value is -3.35. The van der Waals surface area contributed by atoms with E-state index in [0.29, 0.717) is 23.6 Å². The fourth-order valence-corrected chi connectivity index (χ4v) is 3.13. The molecule has 2 N–H and O–H groups in total. The minimum absolute atomic E-state index is 0.233. The average molecular weight is 441 g/mol. The highest BCUT2D eigenvalue weighted by Crippen LogP contribution is 2.20. The lowest BCUT2D eigenvalue weighted by atomic mass is 10.0. The Labute approximate surface area is 189 Å². The predicted molar refractivity (Wildman–Crippen MR) is 124 cm³/mol. The number of rotatable bonds is 9.